The van der Waals surface area contributed by atoms with Gasteiger partial charge in [-0.1, -0.05) is 19.9 Å². The van der Waals surface area contributed by atoms with Crippen LogP contribution in [0.5, 0.6) is 0 Å². The first-order chi connectivity index (χ1) is 6.02. The van der Waals surface area contributed by atoms with Crippen LogP contribution in [0.25, 0.3) is 0 Å². The summed E-state index contributed by atoms with van der Waals surface area (Å²) in [6.45, 7) is 6.19. The van der Waals surface area contributed by atoms with Gasteiger partial charge in [-0.2, -0.15) is 0 Å². The Morgan fingerprint density at radius 3 is 2.54 bits per heavy atom. The molecule has 0 amide bonds. The summed E-state index contributed by atoms with van der Waals surface area (Å²) in [7, 11) is 1.82. The summed E-state index contributed by atoms with van der Waals surface area (Å²) in [6, 6.07) is 3.94. The van der Waals surface area contributed by atoms with Gasteiger partial charge in [0.25, 0.3) is 5.56 Å². The molecule has 0 saturated carbocycles. The summed E-state index contributed by atoms with van der Waals surface area (Å²) < 4.78 is 1.71. The summed E-state index contributed by atoms with van der Waals surface area (Å²) in [5, 5.41) is 0. The fraction of sp³-hybridized carbons (Fsp3) is 0.545. The summed E-state index contributed by atoms with van der Waals surface area (Å²) in [6.07, 6.45) is 0.868. The first-order valence-electron chi connectivity index (χ1n) is 4.68. The van der Waals surface area contributed by atoms with E-state index in [4.69, 9.17) is 0 Å². The normalized spacial score (nSPS) is 10.8. The van der Waals surface area contributed by atoms with E-state index in [0.717, 1.165) is 17.7 Å². The van der Waals surface area contributed by atoms with Crippen molar-refractivity contribution < 1.29 is 0 Å². The van der Waals surface area contributed by atoms with E-state index in [-0.39, 0.29) is 5.56 Å². The third-order valence-corrected chi connectivity index (χ3v) is 2.26. The van der Waals surface area contributed by atoms with Gasteiger partial charge in [-0.05, 0) is 25.3 Å². The molecule has 0 aliphatic rings. The average molecular weight is 179 g/mol. The van der Waals surface area contributed by atoms with E-state index < -0.39 is 0 Å². The van der Waals surface area contributed by atoms with Crippen LogP contribution >= 0.6 is 0 Å². The maximum atomic E-state index is 11.7. The number of rotatable bonds is 2. The van der Waals surface area contributed by atoms with Crippen LogP contribution in [-0.2, 0) is 13.5 Å². The Morgan fingerprint density at radius 1 is 1.38 bits per heavy atom. The van der Waals surface area contributed by atoms with Crippen LogP contribution in [0.4, 0.5) is 0 Å². The smallest absolute Gasteiger partial charge is 0.253 e. The van der Waals surface area contributed by atoms with Crippen molar-refractivity contribution in [3.05, 3.63) is 33.7 Å². The highest BCUT2D eigenvalue weighted by atomic mass is 16.1. The van der Waals surface area contributed by atoms with E-state index in [9.17, 15) is 4.79 Å². The Bertz CT molecular complexity index is 350. The molecule has 1 heterocycles. The molecule has 0 aromatic carbocycles. The van der Waals surface area contributed by atoms with Crippen molar-refractivity contribution >= 4 is 0 Å². The third-order valence-electron chi connectivity index (χ3n) is 2.26. The molecule has 0 fully saturated rings. The lowest BCUT2D eigenvalue weighted by Crippen LogP contribution is -2.23. The van der Waals surface area contributed by atoms with E-state index in [1.165, 1.54) is 0 Å². The van der Waals surface area contributed by atoms with Crippen molar-refractivity contribution in [3.63, 3.8) is 0 Å². The number of nitrogens with zero attached hydrogens (tertiary/aromatic N) is 1. The Morgan fingerprint density at radius 2 is 2.00 bits per heavy atom. The van der Waals surface area contributed by atoms with E-state index in [0.29, 0.717) is 5.92 Å². The second-order valence-corrected chi connectivity index (χ2v) is 3.96. The molecule has 0 N–H and O–H groups in total. The fourth-order valence-electron chi connectivity index (χ4n) is 1.38. The SMILES string of the molecule is Cc1ccc(CC(C)C)c(=O)n1C. The van der Waals surface area contributed by atoms with Gasteiger partial charge in [-0.15, -0.1) is 0 Å². The molecule has 0 aliphatic carbocycles. The molecule has 0 bridgehead atoms. The van der Waals surface area contributed by atoms with Gasteiger partial charge in [-0.25, -0.2) is 0 Å². The minimum atomic E-state index is 0.147. The molecule has 72 valence electrons. The maximum Gasteiger partial charge on any atom is 0.253 e. The molecule has 0 unspecified atom stereocenters. The number of hydrogen-bond donors (Lipinski definition) is 0. The first-order valence-corrected chi connectivity index (χ1v) is 4.68. The molecule has 1 aromatic rings. The molecule has 13 heavy (non-hydrogen) atoms. The Balaban J connectivity index is 3.12. The predicted molar refractivity (Wildman–Crippen MR) is 55.0 cm³/mol. The molecule has 2 heteroatoms. The number of aromatic nitrogens is 1. The van der Waals surface area contributed by atoms with E-state index in [2.05, 4.69) is 13.8 Å². The minimum absolute atomic E-state index is 0.147. The fourth-order valence-corrected chi connectivity index (χ4v) is 1.38. The topological polar surface area (TPSA) is 22.0 Å². The zero-order valence-corrected chi connectivity index (χ0v) is 8.79. The van der Waals surface area contributed by atoms with Crippen molar-refractivity contribution in [2.75, 3.05) is 0 Å². The molecular formula is C11H17NO. The summed E-state index contributed by atoms with van der Waals surface area (Å²) in [4.78, 5) is 11.7. The van der Waals surface area contributed by atoms with Crippen LogP contribution in [0.1, 0.15) is 25.1 Å². The Labute approximate surface area is 79.2 Å². The molecule has 0 aliphatic heterocycles. The lowest BCUT2D eigenvalue weighted by atomic mass is 10.0. The first kappa shape index (κ1) is 10.0. The van der Waals surface area contributed by atoms with Crippen molar-refractivity contribution in [2.24, 2.45) is 13.0 Å². The van der Waals surface area contributed by atoms with Crippen molar-refractivity contribution in [2.45, 2.75) is 27.2 Å². The molecule has 0 spiro atoms. The lowest BCUT2D eigenvalue weighted by Gasteiger charge is -2.08. The molecule has 2 nitrogen and oxygen atoms in total. The standard InChI is InChI=1S/C11H17NO/c1-8(2)7-10-6-5-9(3)12(4)11(10)13/h5-6,8H,7H2,1-4H3. The lowest BCUT2D eigenvalue weighted by molar-refractivity contribution is 0.634. The quantitative estimate of drug-likeness (QED) is 0.679. The van der Waals surface area contributed by atoms with Crippen LogP contribution in [0.15, 0.2) is 16.9 Å². The van der Waals surface area contributed by atoms with Crippen LogP contribution in [0.3, 0.4) is 0 Å². The molecular weight excluding hydrogens is 162 g/mol. The molecule has 0 radical (unpaired) electrons. The van der Waals surface area contributed by atoms with Crippen molar-refractivity contribution in [1.82, 2.24) is 4.57 Å². The van der Waals surface area contributed by atoms with Gasteiger partial charge < -0.3 is 4.57 Å². The largest absolute Gasteiger partial charge is 0.316 e. The highest BCUT2D eigenvalue weighted by Crippen LogP contribution is 2.04. The molecule has 1 rings (SSSR count). The van der Waals surface area contributed by atoms with Crippen LogP contribution in [-0.4, -0.2) is 4.57 Å². The number of aryl methyl sites for hydroxylation is 1. The summed E-state index contributed by atoms with van der Waals surface area (Å²) in [5.41, 5.74) is 2.08. The average Bonchev–Trinajstić information content (AvgIpc) is 2.06. The van der Waals surface area contributed by atoms with E-state index >= 15 is 0 Å². The van der Waals surface area contributed by atoms with Gasteiger partial charge in [-0.3, -0.25) is 4.79 Å². The van der Waals surface area contributed by atoms with Gasteiger partial charge in [0.05, 0.1) is 0 Å². The summed E-state index contributed by atoms with van der Waals surface area (Å²) >= 11 is 0. The second-order valence-electron chi connectivity index (χ2n) is 3.96. The van der Waals surface area contributed by atoms with Crippen LogP contribution in [0.2, 0.25) is 0 Å². The number of hydrogen-bond acceptors (Lipinski definition) is 1. The van der Waals surface area contributed by atoms with Crippen molar-refractivity contribution in [3.8, 4) is 0 Å². The van der Waals surface area contributed by atoms with Gasteiger partial charge in [0.15, 0.2) is 0 Å². The predicted octanol–water partition coefficient (Wildman–Crippen LogP) is 1.89. The maximum absolute atomic E-state index is 11.7. The number of pyridine rings is 1. The molecule has 0 atom stereocenters. The van der Waals surface area contributed by atoms with Gasteiger partial charge >= 0.3 is 0 Å². The molecule has 1 aromatic heterocycles. The van der Waals surface area contributed by atoms with Crippen molar-refractivity contribution in [1.29, 1.82) is 0 Å². The third kappa shape index (κ3) is 2.20. The van der Waals surface area contributed by atoms with Gasteiger partial charge in [0.1, 0.15) is 0 Å². The van der Waals surface area contributed by atoms with Crippen LogP contribution < -0.4 is 5.56 Å². The minimum Gasteiger partial charge on any atom is -0.316 e. The highest BCUT2D eigenvalue weighted by molar-refractivity contribution is 5.15. The second kappa shape index (κ2) is 3.77. The monoisotopic (exact) mass is 179 g/mol. The van der Waals surface area contributed by atoms with E-state index in [1.54, 1.807) is 4.57 Å². The van der Waals surface area contributed by atoms with Gasteiger partial charge in [0.2, 0.25) is 0 Å². The Hall–Kier alpha value is -1.05. The highest BCUT2D eigenvalue weighted by Gasteiger charge is 2.04. The van der Waals surface area contributed by atoms with Gasteiger partial charge in [0, 0.05) is 18.3 Å². The molecule has 0 saturated heterocycles. The summed E-state index contributed by atoms with van der Waals surface area (Å²) in [5.74, 6) is 0.537. The van der Waals surface area contributed by atoms with Crippen LogP contribution in [0, 0.1) is 12.8 Å². The zero-order chi connectivity index (χ0) is 10.0. The van der Waals surface area contributed by atoms with E-state index in [1.807, 2.05) is 26.1 Å². The Kier molecular flexibility index (Phi) is 2.91. The zero-order valence-electron chi connectivity index (χ0n) is 8.79.